The summed E-state index contributed by atoms with van der Waals surface area (Å²) in [6.07, 6.45) is 2.17. The van der Waals surface area contributed by atoms with Crippen LogP contribution in [0.1, 0.15) is 27.8 Å². The van der Waals surface area contributed by atoms with Crippen LogP contribution in [0.15, 0.2) is 48.0 Å². The number of carbonyl (C=O) groups is 1. The minimum atomic E-state index is -0.116. The molecule has 1 heterocycles. The second-order valence-electron chi connectivity index (χ2n) is 6.80. The van der Waals surface area contributed by atoms with Gasteiger partial charge in [-0.1, -0.05) is 41.2 Å². The normalized spacial score (nSPS) is 11.9. The summed E-state index contributed by atoms with van der Waals surface area (Å²) in [5.74, 6) is -0.116. The van der Waals surface area contributed by atoms with Crippen molar-refractivity contribution in [1.29, 1.82) is 0 Å². The van der Waals surface area contributed by atoms with Crippen LogP contribution in [0, 0.1) is 27.7 Å². The maximum Gasteiger partial charge on any atom is 0.252 e. The summed E-state index contributed by atoms with van der Waals surface area (Å²) in [5, 5.41) is 0. The molecule has 0 saturated carbocycles. The number of nitrogens with zero attached hydrogens (tertiary/aromatic N) is 2. The number of allylic oxidation sites excluding steroid dienone is 1. The summed E-state index contributed by atoms with van der Waals surface area (Å²) in [7, 11) is 0. The van der Waals surface area contributed by atoms with Crippen molar-refractivity contribution in [2.75, 3.05) is 0 Å². The monoisotopic (exact) mass is 364 g/mol. The number of amides is 1. The van der Waals surface area contributed by atoms with E-state index in [9.17, 15) is 4.79 Å². The van der Waals surface area contributed by atoms with Crippen LogP contribution in [0.3, 0.4) is 0 Å². The first-order chi connectivity index (χ1) is 12.4. The van der Waals surface area contributed by atoms with Crippen molar-refractivity contribution in [2.24, 2.45) is 4.99 Å². The van der Waals surface area contributed by atoms with E-state index >= 15 is 0 Å². The second kappa shape index (κ2) is 7.42. The summed E-state index contributed by atoms with van der Waals surface area (Å²) in [6.45, 7) is 12.8. The maximum atomic E-state index is 12.6. The average molecular weight is 365 g/mol. The highest BCUT2D eigenvalue weighted by Gasteiger charge is 2.10. The number of carbonyl (C=O) groups excluding carboxylic acids is 1. The summed E-state index contributed by atoms with van der Waals surface area (Å²) < 4.78 is 3.22. The van der Waals surface area contributed by atoms with Gasteiger partial charge in [-0.05, 0) is 62.1 Å². The third kappa shape index (κ3) is 3.70. The van der Waals surface area contributed by atoms with Gasteiger partial charge in [0.2, 0.25) is 0 Å². The number of fused-ring (bicyclic) bond motifs is 1. The van der Waals surface area contributed by atoms with Gasteiger partial charge in [0.1, 0.15) is 0 Å². The van der Waals surface area contributed by atoms with Crippen LogP contribution in [0.4, 0.5) is 0 Å². The lowest BCUT2D eigenvalue weighted by Crippen LogP contribution is -2.17. The Hall–Kier alpha value is -2.46. The van der Waals surface area contributed by atoms with Gasteiger partial charge in [-0.25, -0.2) is 0 Å². The van der Waals surface area contributed by atoms with Gasteiger partial charge in [0.15, 0.2) is 4.80 Å². The van der Waals surface area contributed by atoms with E-state index < -0.39 is 0 Å². The minimum Gasteiger partial charge on any atom is -0.312 e. The average Bonchev–Trinajstić information content (AvgIpc) is 2.88. The van der Waals surface area contributed by atoms with Crippen LogP contribution in [-0.2, 0) is 17.8 Å². The molecule has 0 aliphatic rings. The highest BCUT2D eigenvalue weighted by atomic mass is 32.1. The van der Waals surface area contributed by atoms with Crippen molar-refractivity contribution in [3.05, 3.63) is 75.6 Å². The molecule has 0 spiro atoms. The van der Waals surface area contributed by atoms with E-state index in [1.807, 2.05) is 25.1 Å². The summed E-state index contributed by atoms with van der Waals surface area (Å²) in [5.41, 5.74) is 6.97. The largest absolute Gasteiger partial charge is 0.312 e. The van der Waals surface area contributed by atoms with Crippen molar-refractivity contribution in [1.82, 2.24) is 4.57 Å². The van der Waals surface area contributed by atoms with E-state index in [1.54, 1.807) is 11.3 Å². The molecule has 1 amide bonds. The van der Waals surface area contributed by atoms with Crippen LogP contribution < -0.4 is 4.80 Å². The highest BCUT2D eigenvalue weighted by molar-refractivity contribution is 7.16. The van der Waals surface area contributed by atoms with E-state index in [4.69, 9.17) is 0 Å². The van der Waals surface area contributed by atoms with Crippen molar-refractivity contribution in [2.45, 2.75) is 40.7 Å². The van der Waals surface area contributed by atoms with E-state index in [0.717, 1.165) is 26.1 Å². The Kier molecular flexibility index (Phi) is 5.23. The second-order valence-corrected chi connectivity index (χ2v) is 7.81. The van der Waals surface area contributed by atoms with Crippen molar-refractivity contribution in [3.63, 3.8) is 0 Å². The van der Waals surface area contributed by atoms with Crippen molar-refractivity contribution < 1.29 is 4.79 Å². The van der Waals surface area contributed by atoms with Gasteiger partial charge >= 0.3 is 0 Å². The van der Waals surface area contributed by atoms with Crippen molar-refractivity contribution >= 4 is 27.5 Å². The summed E-state index contributed by atoms with van der Waals surface area (Å²) in [4.78, 5) is 17.8. The van der Waals surface area contributed by atoms with E-state index in [0.29, 0.717) is 13.0 Å². The fourth-order valence-corrected chi connectivity index (χ4v) is 4.20. The zero-order valence-corrected chi connectivity index (χ0v) is 16.6. The van der Waals surface area contributed by atoms with E-state index in [-0.39, 0.29) is 5.91 Å². The minimum absolute atomic E-state index is 0.116. The van der Waals surface area contributed by atoms with Crippen LogP contribution in [0.2, 0.25) is 0 Å². The molecular formula is C22H24N2OS. The number of rotatable bonds is 4. The topological polar surface area (TPSA) is 34.4 Å². The lowest BCUT2D eigenvalue weighted by atomic mass is 10.0. The Labute approximate surface area is 158 Å². The molecule has 0 unspecified atom stereocenters. The molecule has 0 aliphatic carbocycles. The third-order valence-electron chi connectivity index (χ3n) is 4.67. The van der Waals surface area contributed by atoms with Gasteiger partial charge in [-0.3, -0.25) is 4.79 Å². The summed E-state index contributed by atoms with van der Waals surface area (Å²) >= 11 is 1.56. The highest BCUT2D eigenvalue weighted by Crippen LogP contribution is 2.22. The molecule has 3 nitrogen and oxygen atoms in total. The molecule has 0 atom stereocenters. The van der Waals surface area contributed by atoms with Crippen LogP contribution >= 0.6 is 11.3 Å². The Morgan fingerprint density at radius 2 is 1.85 bits per heavy atom. The zero-order valence-electron chi connectivity index (χ0n) is 15.8. The quantitative estimate of drug-likeness (QED) is 0.613. The fraction of sp³-hybridized carbons (Fsp3) is 0.273. The molecule has 1 aromatic heterocycles. The van der Waals surface area contributed by atoms with Crippen LogP contribution in [0.5, 0.6) is 0 Å². The van der Waals surface area contributed by atoms with Gasteiger partial charge in [-0.15, -0.1) is 6.58 Å². The number of thiazole rings is 1. The van der Waals surface area contributed by atoms with Gasteiger partial charge in [-0.2, -0.15) is 4.99 Å². The zero-order chi connectivity index (χ0) is 18.8. The molecule has 0 fully saturated rings. The Balaban J connectivity index is 2.03. The van der Waals surface area contributed by atoms with Gasteiger partial charge < -0.3 is 4.57 Å². The first-order valence-electron chi connectivity index (χ1n) is 8.74. The van der Waals surface area contributed by atoms with Crippen molar-refractivity contribution in [3.8, 4) is 0 Å². The Morgan fingerprint density at radius 1 is 1.12 bits per heavy atom. The standard InChI is InChI=1S/C22H24N2OS/c1-6-9-24-19-11-15(3)16(4)12-20(19)26-22(24)23-21(25)13-18-8-7-14(2)10-17(18)5/h6-8,10-12H,1,9,13H2,2-5H3. The number of hydrogen-bond acceptors (Lipinski definition) is 2. The Morgan fingerprint density at radius 3 is 2.54 bits per heavy atom. The Bertz CT molecular complexity index is 1070. The fourth-order valence-electron chi connectivity index (χ4n) is 3.07. The number of aromatic nitrogens is 1. The molecule has 0 bridgehead atoms. The van der Waals surface area contributed by atoms with Gasteiger partial charge in [0.25, 0.3) is 5.91 Å². The molecule has 3 aromatic rings. The lowest BCUT2D eigenvalue weighted by Gasteiger charge is -2.05. The SMILES string of the molecule is C=CCn1c(=NC(=O)Cc2ccc(C)cc2C)sc2cc(C)c(C)cc21. The number of benzene rings is 2. The molecule has 2 aromatic carbocycles. The van der Waals surface area contributed by atoms with E-state index in [2.05, 4.69) is 55.1 Å². The smallest absolute Gasteiger partial charge is 0.252 e. The number of hydrogen-bond donors (Lipinski definition) is 0. The lowest BCUT2D eigenvalue weighted by molar-refractivity contribution is -0.117. The predicted molar refractivity (Wildman–Crippen MR) is 110 cm³/mol. The molecule has 0 saturated heterocycles. The first kappa shape index (κ1) is 18.3. The van der Waals surface area contributed by atoms with Gasteiger partial charge in [0.05, 0.1) is 16.6 Å². The summed E-state index contributed by atoms with van der Waals surface area (Å²) in [6, 6.07) is 10.5. The molecule has 4 heteroatoms. The van der Waals surface area contributed by atoms with E-state index in [1.165, 1.54) is 16.7 Å². The number of aryl methyl sites for hydroxylation is 4. The first-order valence-corrected chi connectivity index (χ1v) is 9.56. The maximum absolute atomic E-state index is 12.6. The molecule has 134 valence electrons. The molecule has 0 radical (unpaired) electrons. The molecule has 26 heavy (non-hydrogen) atoms. The molecule has 3 rings (SSSR count). The molecule has 0 N–H and O–H groups in total. The molecular weight excluding hydrogens is 340 g/mol. The predicted octanol–water partition coefficient (Wildman–Crippen LogP) is 4.79. The van der Waals surface area contributed by atoms with Crippen LogP contribution in [-0.4, -0.2) is 10.5 Å². The third-order valence-corrected chi connectivity index (χ3v) is 5.71. The molecule has 0 aliphatic heterocycles. The van der Waals surface area contributed by atoms with Crippen LogP contribution in [0.25, 0.3) is 10.2 Å². The van der Waals surface area contributed by atoms with Gasteiger partial charge in [0, 0.05) is 6.54 Å².